The number of amides is 1. The van der Waals surface area contributed by atoms with Gasteiger partial charge < -0.3 is 15.0 Å². The Bertz CT molecular complexity index is 546. The fourth-order valence-corrected chi connectivity index (χ4v) is 4.48. The summed E-state index contributed by atoms with van der Waals surface area (Å²) in [5, 5.41) is 3.31. The molecule has 1 saturated heterocycles. The summed E-state index contributed by atoms with van der Waals surface area (Å²) in [6.45, 7) is 2.26. The third-order valence-electron chi connectivity index (χ3n) is 6.28. The van der Waals surface area contributed by atoms with Crippen molar-refractivity contribution >= 4 is 5.91 Å². The van der Waals surface area contributed by atoms with Crippen LogP contribution in [0.5, 0.6) is 0 Å². The lowest BCUT2D eigenvalue weighted by atomic mass is 9.83. The smallest absolute Gasteiger partial charge is 0.227 e. The van der Waals surface area contributed by atoms with E-state index in [-0.39, 0.29) is 17.4 Å². The van der Waals surface area contributed by atoms with E-state index < -0.39 is 0 Å². The lowest BCUT2D eigenvalue weighted by molar-refractivity contribution is -0.124. The summed E-state index contributed by atoms with van der Waals surface area (Å²) < 4.78 is 5.54. The predicted octanol–water partition coefficient (Wildman–Crippen LogP) is 3.19. The first-order chi connectivity index (χ1) is 12.1. The fraction of sp³-hybridized carbons (Fsp3) is 0.667. The van der Waals surface area contributed by atoms with E-state index in [1.165, 1.54) is 25.7 Å². The molecule has 25 heavy (non-hydrogen) atoms. The Kier molecular flexibility index (Phi) is 6.13. The summed E-state index contributed by atoms with van der Waals surface area (Å²) in [4.78, 5) is 15.4. The zero-order valence-corrected chi connectivity index (χ0v) is 15.7. The zero-order chi connectivity index (χ0) is 17.7. The fourth-order valence-electron chi connectivity index (χ4n) is 4.48. The second-order valence-electron chi connectivity index (χ2n) is 7.88. The number of carbonyl (C=O) groups excluding carboxylic acids is 1. The van der Waals surface area contributed by atoms with Gasteiger partial charge in [0.1, 0.15) is 0 Å². The average Bonchev–Trinajstić information content (AvgIpc) is 3.16. The molecule has 0 bridgehead atoms. The molecular formula is C21H32N2O2. The Labute approximate surface area is 151 Å². The van der Waals surface area contributed by atoms with Gasteiger partial charge in [0.05, 0.1) is 5.92 Å². The van der Waals surface area contributed by atoms with Crippen molar-refractivity contribution in [2.45, 2.75) is 50.0 Å². The Balaban J connectivity index is 1.71. The van der Waals surface area contributed by atoms with Gasteiger partial charge in [-0.3, -0.25) is 4.79 Å². The normalized spacial score (nSPS) is 22.0. The zero-order valence-electron chi connectivity index (χ0n) is 15.7. The number of ether oxygens (including phenoxy) is 1. The lowest BCUT2D eigenvalue weighted by Crippen LogP contribution is -2.56. The van der Waals surface area contributed by atoms with Crippen LogP contribution < -0.4 is 5.32 Å². The molecule has 0 unspecified atom stereocenters. The molecule has 1 aromatic rings. The minimum Gasteiger partial charge on any atom is -0.381 e. The molecule has 4 nitrogen and oxygen atoms in total. The minimum atomic E-state index is -0.0113. The molecular weight excluding hydrogens is 312 g/mol. The van der Waals surface area contributed by atoms with Gasteiger partial charge >= 0.3 is 0 Å². The van der Waals surface area contributed by atoms with E-state index in [2.05, 4.69) is 36.4 Å². The molecule has 1 saturated carbocycles. The quantitative estimate of drug-likeness (QED) is 0.862. The van der Waals surface area contributed by atoms with Gasteiger partial charge in [-0.05, 0) is 51.3 Å². The standard InChI is InChI=1S/C21H32N2O2/c1-23(2)21(12-14-25-15-13-21)16-22-20(24)19(18-10-6-7-11-18)17-8-4-3-5-9-17/h3-5,8-9,18-19H,6-7,10-16H2,1-2H3,(H,22,24)/t19-/m0/s1. The minimum absolute atomic E-state index is 0.0113. The van der Waals surface area contributed by atoms with E-state index in [0.717, 1.165) is 31.6 Å². The van der Waals surface area contributed by atoms with Crippen LogP contribution in [-0.4, -0.2) is 50.2 Å². The molecule has 2 aliphatic rings. The highest BCUT2D eigenvalue weighted by molar-refractivity contribution is 5.84. The van der Waals surface area contributed by atoms with E-state index >= 15 is 0 Å². The molecule has 0 aromatic heterocycles. The van der Waals surface area contributed by atoms with Crippen LogP contribution in [0.2, 0.25) is 0 Å². The molecule has 0 radical (unpaired) electrons. The molecule has 0 spiro atoms. The van der Waals surface area contributed by atoms with Crippen LogP contribution in [0.15, 0.2) is 30.3 Å². The highest BCUT2D eigenvalue weighted by Gasteiger charge is 2.37. The highest BCUT2D eigenvalue weighted by Crippen LogP contribution is 2.37. The van der Waals surface area contributed by atoms with Crippen LogP contribution in [0, 0.1) is 5.92 Å². The van der Waals surface area contributed by atoms with Gasteiger partial charge in [0.25, 0.3) is 0 Å². The van der Waals surface area contributed by atoms with E-state index in [1.807, 2.05) is 18.2 Å². The first-order valence-corrected chi connectivity index (χ1v) is 9.70. The molecule has 4 heteroatoms. The molecule has 1 aliphatic carbocycles. The van der Waals surface area contributed by atoms with E-state index in [4.69, 9.17) is 4.74 Å². The maximum absolute atomic E-state index is 13.2. The molecule has 1 heterocycles. The van der Waals surface area contributed by atoms with Crippen LogP contribution in [0.3, 0.4) is 0 Å². The van der Waals surface area contributed by atoms with Crippen LogP contribution in [0.25, 0.3) is 0 Å². The average molecular weight is 344 g/mol. The molecule has 1 aromatic carbocycles. The summed E-state index contributed by atoms with van der Waals surface area (Å²) in [7, 11) is 4.23. The Morgan fingerprint density at radius 3 is 2.44 bits per heavy atom. The number of nitrogens with zero attached hydrogens (tertiary/aromatic N) is 1. The molecule has 1 amide bonds. The Hall–Kier alpha value is -1.39. The van der Waals surface area contributed by atoms with E-state index in [1.54, 1.807) is 0 Å². The first kappa shape index (κ1) is 18.4. The number of hydrogen-bond acceptors (Lipinski definition) is 3. The molecule has 3 rings (SSSR count). The molecule has 1 N–H and O–H groups in total. The van der Waals surface area contributed by atoms with Gasteiger partial charge in [-0.2, -0.15) is 0 Å². The van der Waals surface area contributed by atoms with Crippen LogP contribution in [0.4, 0.5) is 0 Å². The largest absolute Gasteiger partial charge is 0.381 e. The van der Waals surface area contributed by atoms with Crippen molar-refractivity contribution in [2.24, 2.45) is 5.92 Å². The molecule has 1 aliphatic heterocycles. The summed E-state index contributed by atoms with van der Waals surface area (Å²) in [6, 6.07) is 10.3. The van der Waals surface area contributed by atoms with Gasteiger partial charge in [0.15, 0.2) is 0 Å². The second-order valence-corrected chi connectivity index (χ2v) is 7.88. The van der Waals surface area contributed by atoms with Crippen LogP contribution >= 0.6 is 0 Å². The van der Waals surface area contributed by atoms with Crippen molar-refractivity contribution in [2.75, 3.05) is 33.9 Å². The molecule has 2 fully saturated rings. The van der Waals surface area contributed by atoms with E-state index in [9.17, 15) is 4.79 Å². The summed E-state index contributed by atoms with van der Waals surface area (Å²) in [5.41, 5.74) is 1.18. The summed E-state index contributed by atoms with van der Waals surface area (Å²) in [5.74, 6) is 0.668. The van der Waals surface area contributed by atoms with Crippen molar-refractivity contribution in [1.82, 2.24) is 10.2 Å². The number of likely N-dealkylation sites (N-methyl/N-ethyl adjacent to an activating group) is 1. The van der Waals surface area contributed by atoms with Crippen LogP contribution in [0.1, 0.15) is 50.0 Å². The lowest BCUT2D eigenvalue weighted by Gasteiger charge is -2.43. The monoisotopic (exact) mass is 344 g/mol. The van der Waals surface area contributed by atoms with Crippen molar-refractivity contribution in [3.05, 3.63) is 35.9 Å². The first-order valence-electron chi connectivity index (χ1n) is 9.70. The van der Waals surface area contributed by atoms with Crippen LogP contribution in [-0.2, 0) is 9.53 Å². The second kappa shape index (κ2) is 8.33. The number of benzene rings is 1. The number of hydrogen-bond donors (Lipinski definition) is 1. The van der Waals surface area contributed by atoms with Gasteiger partial charge in [-0.1, -0.05) is 43.2 Å². The van der Waals surface area contributed by atoms with E-state index in [0.29, 0.717) is 12.5 Å². The molecule has 1 atom stereocenters. The summed E-state index contributed by atoms with van der Waals surface area (Å²) >= 11 is 0. The number of nitrogens with one attached hydrogen (secondary N) is 1. The van der Waals surface area contributed by atoms with Gasteiger partial charge in [0.2, 0.25) is 5.91 Å². The maximum atomic E-state index is 13.2. The van der Waals surface area contributed by atoms with Gasteiger partial charge in [-0.25, -0.2) is 0 Å². The Morgan fingerprint density at radius 2 is 1.84 bits per heavy atom. The SMILES string of the molecule is CN(C)C1(CNC(=O)[C@@H](c2ccccc2)C2CCCC2)CCOCC1. The third kappa shape index (κ3) is 4.24. The number of rotatable bonds is 6. The van der Waals surface area contributed by atoms with Gasteiger partial charge in [-0.15, -0.1) is 0 Å². The summed E-state index contributed by atoms with van der Waals surface area (Å²) in [6.07, 6.45) is 6.78. The maximum Gasteiger partial charge on any atom is 0.227 e. The third-order valence-corrected chi connectivity index (χ3v) is 6.28. The van der Waals surface area contributed by atoms with Crippen molar-refractivity contribution in [3.63, 3.8) is 0 Å². The Morgan fingerprint density at radius 1 is 1.20 bits per heavy atom. The van der Waals surface area contributed by atoms with Gasteiger partial charge in [0, 0.05) is 25.3 Å². The van der Waals surface area contributed by atoms with Crippen molar-refractivity contribution < 1.29 is 9.53 Å². The number of carbonyl (C=O) groups is 1. The topological polar surface area (TPSA) is 41.6 Å². The van der Waals surface area contributed by atoms with Crippen molar-refractivity contribution in [3.8, 4) is 0 Å². The van der Waals surface area contributed by atoms with Crippen molar-refractivity contribution in [1.29, 1.82) is 0 Å². The highest BCUT2D eigenvalue weighted by atomic mass is 16.5. The predicted molar refractivity (Wildman–Crippen MR) is 101 cm³/mol. The molecule has 138 valence electrons.